The van der Waals surface area contributed by atoms with E-state index in [9.17, 15) is 18.0 Å². The summed E-state index contributed by atoms with van der Waals surface area (Å²) in [5.41, 5.74) is 0.760. The number of aryl methyl sites for hydroxylation is 1. The van der Waals surface area contributed by atoms with E-state index in [1.165, 1.54) is 6.07 Å². The van der Waals surface area contributed by atoms with E-state index in [-0.39, 0.29) is 23.6 Å². The van der Waals surface area contributed by atoms with Crippen LogP contribution in [0.3, 0.4) is 0 Å². The van der Waals surface area contributed by atoms with Gasteiger partial charge in [0, 0.05) is 11.7 Å². The van der Waals surface area contributed by atoms with Gasteiger partial charge in [0.2, 0.25) is 0 Å². The van der Waals surface area contributed by atoms with Crippen molar-refractivity contribution in [3.63, 3.8) is 0 Å². The van der Waals surface area contributed by atoms with Crippen molar-refractivity contribution in [2.24, 2.45) is 0 Å². The molecule has 2 heterocycles. The monoisotopic (exact) mass is 312 g/mol. The van der Waals surface area contributed by atoms with Crippen LogP contribution in [0.25, 0.3) is 0 Å². The molecule has 0 spiro atoms. The fraction of sp³-hybridized carbons (Fsp3) is 0.462. The lowest BCUT2D eigenvalue weighted by atomic mass is 10.2. The van der Waals surface area contributed by atoms with Gasteiger partial charge in [-0.25, -0.2) is 13.4 Å². The molecule has 0 saturated carbocycles. The zero-order chi connectivity index (χ0) is 15.6. The quantitative estimate of drug-likeness (QED) is 0.845. The highest BCUT2D eigenvalue weighted by Crippen LogP contribution is 2.19. The molecule has 1 saturated heterocycles. The minimum Gasteiger partial charge on any atom is -0.480 e. The second-order valence-electron chi connectivity index (χ2n) is 5.05. The molecule has 0 aliphatic carbocycles. The van der Waals surface area contributed by atoms with Crippen LogP contribution in [0.1, 0.15) is 22.6 Å². The molecule has 8 heteroatoms. The molecule has 1 aliphatic heterocycles. The predicted molar refractivity (Wildman–Crippen MR) is 74.7 cm³/mol. The first kappa shape index (κ1) is 15.4. The second-order valence-corrected chi connectivity index (χ2v) is 7.28. The SMILES string of the molecule is Cc1cccc(C(=O)N(CC(=O)O)C2CCS(=O)(=O)C2)n1. The number of carboxylic acid groups (broad SMARTS) is 1. The molecule has 0 bridgehead atoms. The summed E-state index contributed by atoms with van der Waals surface area (Å²) in [6, 6.07) is 4.26. The minimum absolute atomic E-state index is 0.0255. The number of aliphatic carboxylic acids is 1. The second kappa shape index (κ2) is 5.80. The van der Waals surface area contributed by atoms with Crippen LogP contribution in [-0.4, -0.2) is 59.4 Å². The molecule has 1 amide bonds. The Morgan fingerprint density at radius 1 is 1.43 bits per heavy atom. The zero-order valence-corrected chi connectivity index (χ0v) is 12.3. The lowest BCUT2D eigenvalue weighted by molar-refractivity contribution is -0.138. The van der Waals surface area contributed by atoms with Gasteiger partial charge in [0.05, 0.1) is 11.5 Å². The smallest absolute Gasteiger partial charge is 0.323 e. The van der Waals surface area contributed by atoms with Gasteiger partial charge in [-0.2, -0.15) is 0 Å². The van der Waals surface area contributed by atoms with Crippen LogP contribution in [-0.2, 0) is 14.6 Å². The number of aromatic nitrogens is 1. The number of hydrogen-bond acceptors (Lipinski definition) is 5. The highest BCUT2D eigenvalue weighted by molar-refractivity contribution is 7.91. The number of carbonyl (C=O) groups excluding carboxylic acids is 1. The fourth-order valence-electron chi connectivity index (χ4n) is 2.34. The molecule has 7 nitrogen and oxygen atoms in total. The van der Waals surface area contributed by atoms with Crippen molar-refractivity contribution in [1.82, 2.24) is 9.88 Å². The Morgan fingerprint density at radius 3 is 2.67 bits per heavy atom. The first-order chi connectivity index (χ1) is 9.78. The minimum atomic E-state index is -3.21. The Kier molecular flexibility index (Phi) is 4.26. The molecule has 21 heavy (non-hydrogen) atoms. The molecule has 114 valence electrons. The van der Waals surface area contributed by atoms with Crippen LogP contribution in [0, 0.1) is 6.92 Å². The zero-order valence-electron chi connectivity index (χ0n) is 11.5. The standard InChI is InChI=1S/C13H16N2O5S/c1-9-3-2-4-11(14-9)13(18)15(7-12(16)17)10-5-6-21(19,20)8-10/h2-4,10H,5-8H2,1H3,(H,16,17). The Labute approximate surface area is 122 Å². The Bertz CT molecular complexity index is 671. The third kappa shape index (κ3) is 3.78. The third-order valence-electron chi connectivity index (χ3n) is 3.32. The maximum atomic E-state index is 12.4. The Balaban J connectivity index is 2.28. The van der Waals surface area contributed by atoms with Crippen molar-refractivity contribution in [2.45, 2.75) is 19.4 Å². The van der Waals surface area contributed by atoms with Gasteiger partial charge in [0.25, 0.3) is 5.91 Å². The van der Waals surface area contributed by atoms with E-state index in [1.807, 2.05) is 0 Å². The molecule has 1 N–H and O–H groups in total. The summed E-state index contributed by atoms with van der Waals surface area (Å²) < 4.78 is 23.1. The molecule has 0 radical (unpaired) electrons. The van der Waals surface area contributed by atoms with Crippen molar-refractivity contribution in [2.75, 3.05) is 18.1 Å². The molecule has 1 atom stereocenters. The lowest BCUT2D eigenvalue weighted by Gasteiger charge is -2.26. The van der Waals surface area contributed by atoms with Crippen LogP contribution in [0.2, 0.25) is 0 Å². The number of carbonyl (C=O) groups is 2. The van der Waals surface area contributed by atoms with Gasteiger partial charge in [-0.3, -0.25) is 9.59 Å². The maximum absolute atomic E-state index is 12.4. The number of carboxylic acids is 1. The van der Waals surface area contributed by atoms with Gasteiger partial charge in [-0.05, 0) is 25.5 Å². The molecule has 1 aromatic rings. The number of sulfone groups is 1. The van der Waals surface area contributed by atoms with Gasteiger partial charge >= 0.3 is 5.97 Å². The van der Waals surface area contributed by atoms with Gasteiger partial charge in [0.15, 0.2) is 9.84 Å². The van der Waals surface area contributed by atoms with E-state index in [1.54, 1.807) is 19.1 Å². The van der Waals surface area contributed by atoms with Crippen molar-refractivity contribution < 1.29 is 23.1 Å². The van der Waals surface area contributed by atoms with E-state index in [2.05, 4.69) is 4.98 Å². The fourth-order valence-corrected chi connectivity index (χ4v) is 4.07. The number of amides is 1. The lowest BCUT2D eigenvalue weighted by Crippen LogP contribution is -2.44. The van der Waals surface area contributed by atoms with E-state index in [0.717, 1.165) is 4.90 Å². The Morgan fingerprint density at radius 2 is 2.14 bits per heavy atom. The van der Waals surface area contributed by atoms with Crippen LogP contribution in [0.5, 0.6) is 0 Å². The maximum Gasteiger partial charge on any atom is 0.323 e. The number of hydrogen-bond donors (Lipinski definition) is 1. The highest BCUT2D eigenvalue weighted by atomic mass is 32.2. The third-order valence-corrected chi connectivity index (χ3v) is 5.07. The van der Waals surface area contributed by atoms with Gasteiger partial charge in [-0.15, -0.1) is 0 Å². The van der Waals surface area contributed by atoms with E-state index < -0.39 is 34.3 Å². The topological polar surface area (TPSA) is 105 Å². The molecule has 2 rings (SSSR count). The average Bonchev–Trinajstić information content (AvgIpc) is 2.75. The molecule has 1 aliphatic rings. The van der Waals surface area contributed by atoms with Gasteiger partial charge < -0.3 is 10.0 Å². The summed E-state index contributed by atoms with van der Waals surface area (Å²) in [7, 11) is -3.21. The Hall–Kier alpha value is -1.96. The summed E-state index contributed by atoms with van der Waals surface area (Å²) >= 11 is 0. The van der Waals surface area contributed by atoms with Crippen molar-refractivity contribution in [1.29, 1.82) is 0 Å². The summed E-state index contributed by atoms with van der Waals surface area (Å²) in [5, 5.41) is 8.96. The molecule has 1 aromatic heterocycles. The van der Waals surface area contributed by atoms with Gasteiger partial charge in [0.1, 0.15) is 12.2 Å². The normalized spacial score (nSPS) is 20.1. The van der Waals surface area contributed by atoms with Crippen molar-refractivity contribution >= 4 is 21.7 Å². The average molecular weight is 312 g/mol. The van der Waals surface area contributed by atoms with Crippen LogP contribution in [0.4, 0.5) is 0 Å². The first-order valence-electron chi connectivity index (χ1n) is 6.45. The van der Waals surface area contributed by atoms with E-state index >= 15 is 0 Å². The van der Waals surface area contributed by atoms with Crippen LogP contribution >= 0.6 is 0 Å². The molecule has 1 unspecified atom stereocenters. The van der Waals surface area contributed by atoms with Crippen molar-refractivity contribution in [3.8, 4) is 0 Å². The van der Waals surface area contributed by atoms with E-state index in [4.69, 9.17) is 5.11 Å². The predicted octanol–water partition coefficient (Wildman–Crippen LogP) is 0.104. The number of nitrogens with zero attached hydrogens (tertiary/aromatic N) is 2. The summed E-state index contributed by atoms with van der Waals surface area (Å²) in [5.74, 6) is -1.95. The van der Waals surface area contributed by atoms with E-state index in [0.29, 0.717) is 5.69 Å². The molecular formula is C13H16N2O5S. The largest absolute Gasteiger partial charge is 0.480 e. The van der Waals surface area contributed by atoms with Gasteiger partial charge in [-0.1, -0.05) is 6.07 Å². The van der Waals surface area contributed by atoms with Crippen LogP contribution < -0.4 is 0 Å². The molecule has 0 aromatic carbocycles. The highest BCUT2D eigenvalue weighted by Gasteiger charge is 2.36. The number of rotatable bonds is 4. The van der Waals surface area contributed by atoms with Crippen LogP contribution in [0.15, 0.2) is 18.2 Å². The summed E-state index contributed by atoms with van der Waals surface area (Å²) in [6.45, 7) is 1.19. The molecule has 1 fully saturated rings. The number of pyridine rings is 1. The summed E-state index contributed by atoms with van der Waals surface area (Å²) in [6.07, 6.45) is 0.257. The first-order valence-corrected chi connectivity index (χ1v) is 8.27. The van der Waals surface area contributed by atoms with Crippen molar-refractivity contribution in [3.05, 3.63) is 29.6 Å². The molecular weight excluding hydrogens is 296 g/mol. The summed E-state index contributed by atoms with van der Waals surface area (Å²) in [4.78, 5) is 28.6.